The molecule has 0 atom stereocenters. The van der Waals surface area contributed by atoms with Crippen molar-refractivity contribution in [1.82, 2.24) is 4.90 Å². The molecule has 1 aromatic carbocycles. The van der Waals surface area contributed by atoms with Crippen LogP contribution < -0.4 is 14.6 Å². The molecule has 1 aliphatic rings. The number of halogens is 1. The Bertz CT molecular complexity index is 711. The van der Waals surface area contributed by atoms with Crippen molar-refractivity contribution in [2.75, 3.05) is 31.1 Å². The summed E-state index contributed by atoms with van der Waals surface area (Å²) in [5, 5.41) is 0.644. The molecule has 1 fully saturated rings. The van der Waals surface area contributed by atoms with Gasteiger partial charge in [-0.2, -0.15) is 0 Å². The molecule has 25 heavy (non-hydrogen) atoms. The number of H-pyrrole nitrogens is 1. The van der Waals surface area contributed by atoms with Crippen LogP contribution in [0.1, 0.15) is 13.8 Å². The first-order valence-electron chi connectivity index (χ1n) is 8.41. The molecule has 0 unspecified atom stereocenters. The summed E-state index contributed by atoms with van der Waals surface area (Å²) in [5.41, 5.74) is -0.922. The molecule has 0 aliphatic carbocycles. The van der Waals surface area contributed by atoms with Gasteiger partial charge in [-0.25, -0.2) is 4.98 Å². The zero-order chi connectivity index (χ0) is 17.9. The second kappa shape index (κ2) is 7.31. The molecule has 0 spiro atoms. The molecule has 3 rings (SSSR count). The van der Waals surface area contributed by atoms with Gasteiger partial charge in [0.2, 0.25) is 0 Å². The third-order valence-corrected chi connectivity index (χ3v) is 4.55. The molecule has 0 bridgehead atoms. The monoisotopic (exact) mass is 360 g/mol. The Balaban J connectivity index is 1.60. The highest BCUT2D eigenvalue weighted by Gasteiger charge is 2.37. The molecular weight excluding hydrogens is 338 g/mol. The van der Waals surface area contributed by atoms with E-state index in [4.69, 9.17) is 16.3 Å². The third-order valence-electron chi connectivity index (χ3n) is 4.30. The maximum absolute atomic E-state index is 12.9. The van der Waals surface area contributed by atoms with Crippen molar-refractivity contribution in [3.63, 3.8) is 0 Å². The Morgan fingerprint density at radius 2 is 1.76 bits per heavy atom. The highest BCUT2D eigenvalue weighted by molar-refractivity contribution is 6.30. The fourth-order valence-electron chi connectivity index (χ4n) is 2.95. The van der Waals surface area contributed by atoms with Crippen LogP contribution in [0.5, 0.6) is 5.75 Å². The summed E-state index contributed by atoms with van der Waals surface area (Å²) in [6.07, 6.45) is 1.91. The molecule has 1 saturated heterocycles. The second-order valence-electron chi connectivity index (χ2n) is 6.59. The van der Waals surface area contributed by atoms with E-state index in [0.717, 1.165) is 18.9 Å². The highest BCUT2D eigenvalue weighted by Crippen LogP contribution is 2.23. The summed E-state index contributed by atoms with van der Waals surface area (Å²) in [7, 11) is 0. The van der Waals surface area contributed by atoms with Crippen LogP contribution in [-0.2, 0) is 4.79 Å². The lowest BCUT2D eigenvalue weighted by Crippen LogP contribution is -2.56. The van der Waals surface area contributed by atoms with Gasteiger partial charge in [0.05, 0.1) is 19.3 Å². The molecule has 1 N–H and O–H groups in total. The lowest BCUT2D eigenvalue weighted by molar-refractivity contribution is -0.364. The van der Waals surface area contributed by atoms with Crippen molar-refractivity contribution in [2.45, 2.75) is 19.4 Å². The molecule has 1 amide bonds. The van der Waals surface area contributed by atoms with E-state index >= 15 is 0 Å². The largest absolute Gasteiger partial charge is 0.478 e. The predicted octanol–water partition coefficient (Wildman–Crippen LogP) is 2.66. The molecule has 2 aromatic rings. The smallest absolute Gasteiger partial charge is 0.274 e. The van der Waals surface area contributed by atoms with E-state index in [1.165, 1.54) is 0 Å². The normalized spacial score (nSPS) is 15.2. The maximum atomic E-state index is 12.9. The van der Waals surface area contributed by atoms with E-state index in [-0.39, 0.29) is 5.91 Å². The minimum Gasteiger partial charge on any atom is -0.478 e. The minimum absolute atomic E-state index is 0.000795. The molecule has 6 heteroatoms. The van der Waals surface area contributed by atoms with E-state index in [9.17, 15) is 4.79 Å². The van der Waals surface area contributed by atoms with Crippen molar-refractivity contribution in [3.05, 3.63) is 53.7 Å². The predicted molar refractivity (Wildman–Crippen MR) is 97.9 cm³/mol. The molecule has 2 heterocycles. The van der Waals surface area contributed by atoms with Crippen molar-refractivity contribution >= 4 is 23.3 Å². The van der Waals surface area contributed by atoms with Gasteiger partial charge in [0, 0.05) is 11.1 Å². The zero-order valence-electron chi connectivity index (χ0n) is 14.5. The van der Waals surface area contributed by atoms with Gasteiger partial charge in [0.25, 0.3) is 11.7 Å². The molecule has 5 nitrogen and oxygen atoms in total. The summed E-state index contributed by atoms with van der Waals surface area (Å²) in [6, 6.07) is 13.1. The van der Waals surface area contributed by atoms with E-state index in [1.54, 1.807) is 38.1 Å². The third kappa shape index (κ3) is 4.23. The number of carbonyl (C=O) groups is 1. The van der Waals surface area contributed by atoms with E-state index in [0.29, 0.717) is 23.9 Å². The van der Waals surface area contributed by atoms with Crippen molar-refractivity contribution < 1.29 is 14.5 Å². The quantitative estimate of drug-likeness (QED) is 0.842. The number of aromatic amines is 1. The number of aromatic nitrogens is 1. The summed E-state index contributed by atoms with van der Waals surface area (Å²) in [4.78, 5) is 20.2. The van der Waals surface area contributed by atoms with Crippen LogP contribution in [0.15, 0.2) is 48.7 Å². The first-order valence-corrected chi connectivity index (χ1v) is 8.79. The molecular formula is C19H23ClN3O2+. The Kier molecular flexibility index (Phi) is 5.13. The SMILES string of the molecule is CC(C)(Oc1ccc(Cl)cc1)C(=O)N1CCN(c2cccc[nH+]2)CC1. The van der Waals surface area contributed by atoms with E-state index in [2.05, 4.69) is 9.88 Å². The van der Waals surface area contributed by atoms with Crippen molar-refractivity contribution in [2.24, 2.45) is 0 Å². The van der Waals surface area contributed by atoms with Crippen LogP contribution >= 0.6 is 11.6 Å². The van der Waals surface area contributed by atoms with Crippen LogP contribution in [-0.4, -0.2) is 42.6 Å². The van der Waals surface area contributed by atoms with Crippen LogP contribution in [0, 0.1) is 0 Å². The number of pyridine rings is 1. The first-order chi connectivity index (χ1) is 12.0. The van der Waals surface area contributed by atoms with Gasteiger partial charge in [-0.05, 0) is 44.2 Å². The van der Waals surface area contributed by atoms with Gasteiger partial charge in [-0.1, -0.05) is 17.7 Å². The average Bonchev–Trinajstić information content (AvgIpc) is 2.64. The lowest BCUT2D eigenvalue weighted by atomic mass is 10.1. The van der Waals surface area contributed by atoms with Gasteiger partial charge in [0.15, 0.2) is 5.60 Å². The number of benzene rings is 1. The Morgan fingerprint density at radius 1 is 1.08 bits per heavy atom. The Hall–Kier alpha value is -2.27. The van der Waals surface area contributed by atoms with Crippen LogP contribution in [0.25, 0.3) is 0 Å². The number of nitrogens with zero attached hydrogens (tertiary/aromatic N) is 2. The van der Waals surface area contributed by atoms with Gasteiger partial charge in [-0.3, -0.25) is 9.69 Å². The van der Waals surface area contributed by atoms with Gasteiger partial charge in [0.1, 0.15) is 18.8 Å². The average molecular weight is 361 g/mol. The molecule has 0 saturated carbocycles. The fourth-order valence-corrected chi connectivity index (χ4v) is 3.08. The number of piperazine rings is 1. The van der Waals surface area contributed by atoms with Crippen molar-refractivity contribution in [1.29, 1.82) is 0 Å². The number of ether oxygens (including phenoxy) is 1. The Labute approximate surface area is 153 Å². The number of hydrogen-bond donors (Lipinski definition) is 0. The molecule has 132 valence electrons. The summed E-state index contributed by atoms with van der Waals surface area (Å²) < 4.78 is 5.91. The number of hydrogen-bond acceptors (Lipinski definition) is 3. The zero-order valence-corrected chi connectivity index (χ0v) is 15.3. The molecule has 0 radical (unpaired) electrons. The summed E-state index contributed by atoms with van der Waals surface area (Å²) in [6.45, 7) is 6.55. The van der Waals surface area contributed by atoms with Crippen LogP contribution in [0.4, 0.5) is 5.82 Å². The number of anilines is 1. The maximum Gasteiger partial charge on any atom is 0.274 e. The summed E-state index contributed by atoms with van der Waals surface area (Å²) >= 11 is 5.89. The molecule has 1 aliphatic heterocycles. The van der Waals surface area contributed by atoms with Gasteiger partial charge < -0.3 is 9.64 Å². The Morgan fingerprint density at radius 3 is 2.36 bits per heavy atom. The van der Waals surface area contributed by atoms with Crippen LogP contribution in [0.3, 0.4) is 0 Å². The standard InChI is InChI=1S/C19H22ClN3O2/c1-19(2,25-16-8-6-15(20)7-9-16)18(24)23-13-11-22(12-14-23)17-5-3-4-10-21-17/h3-10H,11-14H2,1-2H3/p+1. The van der Waals surface area contributed by atoms with E-state index < -0.39 is 5.60 Å². The second-order valence-corrected chi connectivity index (χ2v) is 7.03. The van der Waals surface area contributed by atoms with Gasteiger partial charge >= 0.3 is 0 Å². The fraction of sp³-hybridized carbons (Fsp3) is 0.368. The first kappa shape index (κ1) is 17.5. The van der Waals surface area contributed by atoms with Crippen molar-refractivity contribution in [3.8, 4) is 5.75 Å². The lowest BCUT2D eigenvalue weighted by Gasteiger charge is -2.36. The highest BCUT2D eigenvalue weighted by atomic mass is 35.5. The van der Waals surface area contributed by atoms with E-state index in [1.807, 2.05) is 29.3 Å². The number of nitrogens with one attached hydrogen (secondary N) is 1. The topological polar surface area (TPSA) is 46.9 Å². The number of carbonyl (C=O) groups excluding carboxylic acids is 1. The molecule has 1 aromatic heterocycles. The minimum atomic E-state index is -0.922. The summed E-state index contributed by atoms with van der Waals surface area (Å²) in [5.74, 6) is 1.71. The number of rotatable bonds is 4. The number of amides is 1. The van der Waals surface area contributed by atoms with Crippen LogP contribution in [0.2, 0.25) is 5.02 Å². The van der Waals surface area contributed by atoms with Gasteiger partial charge in [-0.15, -0.1) is 0 Å².